The van der Waals surface area contributed by atoms with Gasteiger partial charge in [-0.1, -0.05) is 36.6 Å². The van der Waals surface area contributed by atoms with Crippen LogP contribution in [0.4, 0.5) is 0 Å². The van der Waals surface area contributed by atoms with Gasteiger partial charge in [0.1, 0.15) is 0 Å². The first-order valence-corrected chi connectivity index (χ1v) is 4.05. The zero-order valence-corrected chi connectivity index (χ0v) is 7.70. The van der Waals surface area contributed by atoms with Crippen LogP contribution >= 0.6 is 11.6 Å². The van der Waals surface area contributed by atoms with Gasteiger partial charge in [0.25, 0.3) is 0 Å². The predicted molar refractivity (Wildman–Crippen MR) is 48.3 cm³/mol. The lowest BCUT2D eigenvalue weighted by atomic mass is 10.2. The monoisotopic (exact) mass is 158 g/mol. The van der Waals surface area contributed by atoms with E-state index in [1.165, 1.54) is 12.0 Å². The summed E-state index contributed by atoms with van der Waals surface area (Å²) in [4.78, 5) is 0. The summed E-state index contributed by atoms with van der Waals surface area (Å²) in [6.45, 7) is 6.13. The lowest BCUT2D eigenvalue weighted by Gasteiger charge is -1.91. The Morgan fingerprint density at radius 1 is 1.40 bits per heavy atom. The third kappa shape index (κ3) is 5.90. The van der Waals surface area contributed by atoms with Crippen LogP contribution in [0, 0.1) is 0 Å². The third-order valence-electron chi connectivity index (χ3n) is 1.18. The average Bonchev–Trinajstić information content (AvgIpc) is 1.82. The van der Waals surface area contributed by atoms with Gasteiger partial charge in [-0.25, -0.2) is 0 Å². The highest BCUT2D eigenvalue weighted by molar-refractivity contribution is 6.29. The fraction of sp³-hybridized carbons (Fsp3) is 0.556. The first-order chi connectivity index (χ1) is 4.66. The predicted octanol–water partition coefficient (Wildman–Crippen LogP) is 3.88. The van der Waals surface area contributed by atoms with Crippen LogP contribution in [0.3, 0.4) is 0 Å². The second kappa shape index (κ2) is 5.55. The molecule has 0 fully saturated rings. The first-order valence-electron chi connectivity index (χ1n) is 3.67. The van der Waals surface area contributed by atoms with E-state index >= 15 is 0 Å². The second-order valence-corrected chi connectivity index (χ2v) is 3.06. The summed E-state index contributed by atoms with van der Waals surface area (Å²) in [5.74, 6) is 0. The standard InChI is InChI=1S/C9H15Cl/c1-4-5-6-8(2)7-9(3)10/h6-7H,4-5H2,1-3H3/b8-6-,9-7+. The Bertz CT molecular complexity index is 139. The molecule has 0 saturated heterocycles. The van der Waals surface area contributed by atoms with Crippen LogP contribution in [-0.2, 0) is 0 Å². The van der Waals surface area contributed by atoms with Crippen LogP contribution < -0.4 is 0 Å². The zero-order chi connectivity index (χ0) is 7.98. The largest absolute Gasteiger partial charge is 0.0895 e. The van der Waals surface area contributed by atoms with Crippen molar-refractivity contribution in [2.24, 2.45) is 0 Å². The second-order valence-electron chi connectivity index (χ2n) is 2.47. The molecule has 0 amide bonds. The number of hydrogen-bond donors (Lipinski definition) is 0. The van der Waals surface area contributed by atoms with Crippen molar-refractivity contribution >= 4 is 11.6 Å². The van der Waals surface area contributed by atoms with Crippen molar-refractivity contribution in [1.29, 1.82) is 0 Å². The molecular weight excluding hydrogens is 144 g/mol. The molecule has 0 unspecified atom stereocenters. The van der Waals surface area contributed by atoms with E-state index in [1.54, 1.807) is 0 Å². The van der Waals surface area contributed by atoms with Crippen molar-refractivity contribution in [2.45, 2.75) is 33.6 Å². The first kappa shape index (κ1) is 9.77. The van der Waals surface area contributed by atoms with Crippen molar-refractivity contribution in [3.05, 3.63) is 22.8 Å². The van der Waals surface area contributed by atoms with E-state index < -0.39 is 0 Å². The van der Waals surface area contributed by atoms with E-state index in [0.29, 0.717) is 0 Å². The van der Waals surface area contributed by atoms with Gasteiger partial charge in [0.2, 0.25) is 0 Å². The minimum atomic E-state index is 0.852. The van der Waals surface area contributed by atoms with Gasteiger partial charge >= 0.3 is 0 Å². The van der Waals surface area contributed by atoms with Crippen LogP contribution in [0.1, 0.15) is 33.6 Å². The van der Waals surface area contributed by atoms with Crippen LogP contribution in [0.15, 0.2) is 22.8 Å². The van der Waals surface area contributed by atoms with E-state index in [-0.39, 0.29) is 0 Å². The molecule has 0 aliphatic heterocycles. The zero-order valence-electron chi connectivity index (χ0n) is 6.95. The average molecular weight is 159 g/mol. The summed E-state index contributed by atoms with van der Waals surface area (Å²) in [5.41, 5.74) is 1.26. The number of hydrogen-bond acceptors (Lipinski definition) is 0. The molecule has 10 heavy (non-hydrogen) atoms. The maximum Gasteiger partial charge on any atom is 0.0152 e. The molecule has 0 saturated carbocycles. The minimum Gasteiger partial charge on any atom is -0.0895 e. The number of allylic oxidation sites excluding steroid dienone is 4. The van der Waals surface area contributed by atoms with Crippen molar-refractivity contribution in [1.82, 2.24) is 0 Å². The normalized spacial score (nSPS) is 14.0. The molecule has 0 spiro atoms. The molecule has 0 aromatic carbocycles. The van der Waals surface area contributed by atoms with Crippen LogP contribution in [0.2, 0.25) is 0 Å². The molecule has 1 heteroatoms. The van der Waals surface area contributed by atoms with Gasteiger partial charge < -0.3 is 0 Å². The van der Waals surface area contributed by atoms with Crippen molar-refractivity contribution in [2.75, 3.05) is 0 Å². The molecule has 0 aromatic rings. The molecule has 0 nitrogen and oxygen atoms in total. The molecule has 0 heterocycles. The molecule has 0 bridgehead atoms. The third-order valence-corrected chi connectivity index (χ3v) is 1.29. The lowest BCUT2D eigenvalue weighted by Crippen LogP contribution is -1.70. The molecule has 0 aliphatic rings. The molecule has 0 rings (SSSR count). The Morgan fingerprint density at radius 3 is 2.40 bits per heavy atom. The lowest BCUT2D eigenvalue weighted by molar-refractivity contribution is 0.952. The van der Waals surface area contributed by atoms with E-state index in [9.17, 15) is 0 Å². The SMILES string of the molecule is CCC/C=C(C)\C=C(/C)Cl. The Balaban J connectivity index is 3.82. The minimum absolute atomic E-state index is 0.852. The van der Waals surface area contributed by atoms with Crippen molar-refractivity contribution in [3.63, 3.8) is 0 Å². The van der Waals surface area contributed by atoms with E-state index in [4.69, 9.17) is 11.6 Å². The highest BCUT2D eigenvalue weighted by atomic mass is 35.5. The molecule has 0 aliphatic carbocycles. The van der Waals surface area contributed by atoms with Crippen LogP contribution in [-0.4, -0.2) is 0 Å². The van der Waals surface area contributed by atoms with Gasteiger partial charge in [0, 0.05) is 5.03 Å². The highest BCUT2D eigenvalue weighted by Gasteiger charge is 1.83. The van der Waals surface area contributed by atoms with Gasteiger partial charge in [0.15, 0.2) is 0 Å². The van der Waals surface area contributed by atoms with E-state index in [0.717, 1.165) is 11.5 Å². The number of halogens is 1. The molecule has 0 N–H and O–H groups in total. The Hall–Kier alpha value is -0.230. The number of rotatable bonds is 3. The Labute approximate surface area is 68.6 Å². The summed E-state index contributed by atoms with van der Waals surface area (Å²) in [5, 5.41) is 0.852. The quantitative estimate of drug-likeness (QED) is 0.547. The highest BCUT2D eigenvalue weighted by Crippen LogP contribution is 2.06. The number of unbranched alkanes of at least 4 members (excludes halogenated alkanes) is 1. The summed E-state index contributed by atoms with van der Waals surface area (Å²) in [7, 11) is 0. The summed E-state index contributed by atoms with van der Waals surface area (Å²) in [6.07, 6.45) is 6.53. The van der Waals surface area contributed by atoms with E-state index in [1.807, 2.05) is 13.0 Å². The van der Waals surface area contributed by atoms with Gasteiger partial charge in [-0.15, -0.1) is 0 Å². The van der Waals surface area contributed by atoms with Gasteiger partial charge in [-0.05, 0) is 26.3 Å². The van der Waals surface area contributed by atoms with Crippen LogP contribution in [0.25, 0.3) is 0 Å². The molecule has 0 atom stereocenters. The van der Waals surface area contributed by atoms with Crippen molar-refractivity contribution < 1.29 is 0 Å². The van der Waals surface area contributed by atoms with Crippen LogP contribution in [0.5, 0.6) is 0 Å². The van der Waals surface area contributed by atoms with Gasteiger partial charge in [-0.3, -0.25) is 0 Å². The fourth-order valence-electron chi connectivity index (χ4n) is 0.745. The van der Waals surface area contributed by atoms with E-state index in [2.05, 4.69) is 19.9 Å². The smallest absolute Gasteiger partial charge is 0.0152 e. The molecule has 58 valence electrons. The molecule has 0 aromatic heterocycles. The molecular formula is C9H15Cl. The van der Waals surface area contributed by atoms with Gasteiger partial charge in [-0.2, -0.15) is 0 Å². The maximum absolute atomic E-state index is 5.67. The summed E-state index contributed by atoms with van der Waals surface area (Å²) < 4.78 is 0. The summed E-state index contributed by atoms with van der Waals surface area (Å²) >= 11 is 5.67. The Morgan fingerprint density at radius 2 is 2.00 bits per heavy atom. The topological polar surface area (TPSA) is 0 Å². The fourth-order valence-corrected chi connectivity index (χ4v) is 0.917. The van der Waals surface area contributed by atoms with Crippen molar-refractivity contribution in [3.8, 4) is 0 Å². The maximum atomic E-state index is 5.67. The van der Waals surface area contributed by atoms with Gasteiger partial charge in [0.05, 0.1) is 0 Å². The Kier molecular flexibility index (Phi) is 5.42. The molecule has 0 radical (unpaired) electrons. The summed E-state index contributed by atoms with van der Waals surface area (Å²) in [6, 6.07) is 0.